The van der Waals surface area contributed by atoms with Gasteiger partial charge in [0, 0.05) is 23.6 Å². The van der Waals surface area contributed by atoms with Crippen molar-refractivity contribution in [3.05, 3.63) is 22.3 Å². The maximum Gasteiger partial charge on any atom is 0.302 e. The number of oxime groups is 1. The molecular formula is C16H16N5O7S2-. The first-order chi connectivity index (χ1) is 14.2. The van der Waals surface area contributed by atoms with Crippen molar-refractivity contribution < 1.29 is 33.9 Å². The fourth-order valence-corrected chi connectivity index (χ4v) is 4.75. The average Bonchev–Trinajstić information content (AvgIpc) is 3.13. The first-order valence-electron chi connectivity index (χ1n) is 8.39. The number of β-lactam (4-membered cyclic amide) rings is 1. The molecule has 14 heteroatoms. The SMILES string of the molecule is CON=C(C(=O)N[C@H]1C(=O)N2C(C(=O)[O-])=C(COC(C)=O)CS[C@@H]12)c1csc(N)n1. The Morgan fingerprint density at radius 2 is 2.20 bits per heavy atom. The summed E-state index contributed by atoms with van der Waals surface area (Å²) in [6, 6.07) is -0.995. The molecule has 1 aromatic heterocycles. The predicted molar refractivity (Wildman–Crippen MR) is 104 cm³/mol. The van der Waals surface area contributed by atoms with Gasteiger partial charge in [-0.15, -0.1) is 23.1 Å². The first kappa shape index (κ1) is 21.6. The summed E-state index contributed by atoms with van der Waals surface area (Å²) in [4.78, 5) is 57.5. The van der Waals surface area contributed by atoms with Crippen molar-refractivity contribution in [3.8, 4) is 0 Å². The topological polar surface area (TPSA) is 176 Å². The number of carboxylic acids is 1. The van der Waals surface area contributed by atoms with E-state index in [1.807, 2.05) is 0 Å². The number of ether oxygens (including phenoxy) is 1. The van der Waals surface area contributed by atoms with E-state index in [1.165, 1.54) is 31.2 Å². The van der Waals surface area contributed by atoms with Crippen LogP contribution in [0.3, 0.4) is 0 Å². The Kier molecular flexibility index (Phi) is 6.26. The highest BCUT2D eigenvalue weighted by molar-refractivity contribution is 8.00. The lowest BCUT2D eigenvalue weighted by atomic mass is 10.0. The molecule has 160 valence electrons. The Hall–Kier alpha value is -3.13. The van der Waals surface area contributed by atoms with Gasteiger partial charge in [0.05, 0.1) is 11.7 Å². The molecule has 0 saturated carbocycles. The third-order valence-corrected chi connectivity index (χ3v) is 6.15. The number of aliphatic carboxylic acids is 1. The van der Waals surface area contributed by atoms with E-state index in [0.717, 1.165) is 16.2 Å². The molecule has 30 heavy (non-hydrogen) atoms. The van der Waals surface area contributed by atoms with E-state index in [2.05, 4.69) is 20.3 Å². The molecule has 1 saturated heterocycles. The second-order valence-corrected chi connectivity index (χ2v) is 8.07. The molecule has 2 amide bonds. The van der Waals surface area contributed by atoms with Crippen molar-refractivity contribution in [2.24, 2.45) is 5.16 Å². The number of carboxylic acid groups (broad SMARTS) is 1. The number of nitrogens with two attached hydrogens (primary N) is 1. The van der Waals surface area contributed by atoms with Crippen molar-refractivity contribution in [3.63, 3.8) is 0 Å². The molecule has 3 N–H and O–H groups in total. The number of nitrogens with zero attached hydrogens (tertiary/aromatic N) is 3. The molecule has 3 heterocycles. The van der Waals surface area contributed by atoms with Gasteiger partial charge in [-0.25, -0.2) is 4.98 Å². The van der Waals surface area contributed by atoms with Crippen LogP contribution >= 0.6 is 23.1 Å². The van der Waals surface area contributed by atoms with Crippen LogP contribution in [0.1, 0.15) is 12.6 Å². The summed E-state index contributed by atoms with van der Waals surface area (Å²) in [6.07, 6.45) is 0. The van der Waals surface area contributed by atoms with Crippen molar-refractivity contribution in [1.82, 2.24) is 15.2 Å². The minimum Gasteiger partial charge on any atom is -0.543 e. The van der Waals surface area contributed by atoms with Crippen molar-refractivity contribution in [2.45, 2.75) is 18.3 Å². The second-order valence-electron chi connectivity index (χ2n) is 6.07. The first-order valence-corrected chi connectivity index (χ1v) is 10.3. The number of thiazole rings is 1. The van der Waals surface area contributed by atoms with Crippen molar-refractivity contribution >= 4 is 57.7 Å². The monoisotopic (exact) mass is 454 g/mol. The zero-order valence-electron chi connectivity index (χ0n) is 15.7. The lowest BCUT2D eigenvalue weighted by Crippen LogP contribution is -2.71. The molecule has 3 rings (SSSR count). The molecular weight excluding hydrogens is 438 g/mol. The molecule has 2 aliphatic rings. The van der Waals surface area contributed by atoms with E-state index >= 15 is 0 Å². The van der Waals surface area contributed by atoms with Gasteiger partial charge < -0.3 is 30.5 Å². The zero-order chi connectivity index (χ0) is 22.0. The van der Waals surface area contributed by atoms with E-state index in [9.17, 15) is 24.3 Å². The van der Waals surface area contributed by atoms with Crippen molar-refractivity contribution in [2.75, 3.05) is 25.2 Å². The van der Waals surface area contributed by atoms with Gasteiger partial charge in [0.2, 0.25) is 0 Å². The number of esters is 1. The standard InChI is InChI=1S/C16H17N5O7S2/c1-6(22)28-3-7-4-29-14-10(13(24)21(14)11(7)15(25)26)19-12(23)9(20-27-2)8-5-30-16(17)18-8/h5,10,14H,3-4H2,1-2H3,(H2,17,18)(H,19,23)(H,25,26)/p-1/t10-,14-/m0/s1. The van der Waals surface area contributed by atoms with Crippen LogP contribution in [0.25, 0.3) is 0 Å². The summed E-state index contributed by atoms with van der Waals surface area (Å²) in [7, 11) is 1.25. The number of rotatable bonds is 7. The zero-order valence-corrected chi connectivity index (χ0v) is 17.4. The Balaban J connectivity index is 1.77. The van der Waals surface area contributed by atoms with Gasteiger partial charge in [-0.3, -0.25) is 19.3 Å². The number of fused-ring (bicyclic) bond motifs is 1. The third kappa shape index (κ3) is 4.09. The molecule has 2 aliphatic heterocycles. The molecule has 0 radical (unpaired) electrons. The molecule has 2 atom stereocenters. The number of nitrogen functional groups attached to an aromatic ring is 1. The summed E-state index contributed by atoms with van der Waals surface area (Å²) in [5.74, 6) is -3.35. The number of hydrogen-bond acceptors (Lipinski definition) is 12. The van der Waals surface area contributed by atoms with Crippen LogP contribution in [0.15, 0.2) is 21.8 Å². The minimum atomic E-state index is -1.57. The van der Waals surface area contributed by atoms with Gasteiger partial charge in [0.1, 0.15) is 30.8 Å². The Bertz CT molecular complexity index is 973. The van der Waals surface area contributed by atoms with Gasteiger partial charge in [-0.05, 0) is 0 Å². The van der Waals surface area contributed by atoms with Gasteiger partial charge in [0.25, 0.3) is 11.8 Å². The van der Waals surface area contributed by atoms with Crippen LogP contribution in [0, 0.1) is 0 Å². The fraction of sp³-hybridized carbons (Fsp3) is 0.375. The highest BCUT2D eigenvalue weighted by Crippen LogP contribution is 2.40. The normalized spacial score (nSPS) is 20.9. The molecule has 0 bridgehead atoms. The lowest BCUT2D eigenvalue weighted by Gasteiger charge is -2.50. The van der Waals surface area contributed by atoms with Gasteiger partial charge in [0.15, 0.2) is 10.8 Å². The lowest BCUT2D eigenvalue weighted by molar-refractivity contribution is -0.301. The largest absolute Gasteiger partial charge is 0.543 e. The molecule has 0 spiro atoms. The van der Waals surface area contributed by atoms with Crippen LogP contribution in [0.5, 0.6) is 0 Å². The summed E-state index contributed by atoms with van der Waals surface area (Å²) >= 11 is 2.32. The van der Waals surface area contributed by atoms with Gasteiger partial charge in [-0.1, -0.05) is 5.16 Å². The molecule has 0 unspecified atom stereocenters. The van der Waals surface area contributed by atoms with E-state index in [4.69, 9.17) is 10.5 Å². The number of carbonyl (C=O) groups is 4. The number of nitrogens with one attached hydrogen (secondary N) is 1. The quantitative estimate of drug-likeness (QED) is 0.204. The number of anilines is 1. The maximum atomic E-state index is 12.6. The van der Waals surface area contributed by atoms with E-state index in [1.54, 1.807) is 0 Å². The molecule has 0 aromatic carbocycles. The van der Waals surface area contributed by atoms with Gasteiger partial charge in [-0.2, -0.15) is 0 Å². The summed E-state index contributed by atoms with van der Waals surface area (Å²) in [5, 5.41) is 18.8. The smallest absolute Gasteiger partial charge is 0.302 e. The predicted octanol–water partition coefficient (Wildman–Crippen LogP) is -1.96. The van der Waals surface area contributed by atoms with E-state index in [-0.39, 0.29) is 40.2 Å². The van der Waals surface area contributed by atoms with Crippen molar-refractivity contribution in [1.29, 1.82) is 0 Å². The number of carbonyl (C=O) groups excluding carboxylic acids is 4. The summed E-state index contributed by atoms with van der Waals surface area (Å²) in [6.45, 7) is 0.919. The second kappa shape index (κ2) is 8.71. The number of hydrogen-bond donors (Lipinski definition) is 2. The van der Waals surface area contributed by atoms with Crippen LogP contribution in [-0.4, -0.2) is 70.2 Å². The van der Waals surface area contributed by atoms with E-state index in [0.29, 0.717) is 0 Å². The molecule has 1 aromatic rings. The minimum absolute atomic E-state index is 0.177. The molecule has 12 nitrogen and oxygen atoms in total. The summed E-state index contributed by atoms with van der Waals surface area (Å²) in [5.41, 5.74) is 5.46. The Morgan fingerprint density at radius 3 is 2.77 bits per heavy atom. The average molecular weight is 454 g/mol. The number of thioether (sulfide) groups is 1. The fourth-order valence-electron chi connectivity index (χ4n) is 2.87. The van der Waals surface area contributed by atoms with Crippen LogP contribution in [0.4, 0.5) is 5.13 Å². The molecule has 1 fully saturated rings. The molecule has 0 aliphatic carbocycles. The maximum absolute atomic E-state index is 12.6. The van der Waals surface area contributed by atoms with Crippen LogP contribution in [0.2, 0.25) is 0 Å². The highest BCUT2D eigenvalue weighted by Gasteiger charge is 2.53. The van der Waals surface area contributed by atoms with Crippen LogP contribution < -0.4 is 16.2 Å². The van der Waals surface area contributed by atoms with Crippen LogP contribution in [-0.2, 0) is 28.8 Å². The Morgan fingerprint density at radius 1 is 1.47 bits per heavy atom. The van der Waals surface area contributed by atoms with Gasteiger partial charge >= 0.3 is 5.97 Å². The third-order valence-electron chi connectivity index (χ3n) is 4.14. The highest BCUT2D eigenvalue weighted by atomic mass is 32.2. The van der Waals surface area contributed by atoms with E-state index < -0.39 is 35.2 Å². The Labute approximate surface area is 178 Å². The number of aromatic nitrogens is 1. The summed E-state index contributed by atoms with van der Waals surface area (Å²) < 4.78 is 4.85. The number of amides is 2.